The summed E-state index contributed by atoms with van der Waals surface area (Å²) in [7, 11) is 0. The molecule has 0 spiro atoms. The summed E-state index contributed by atoms with van der Waals surface area (Å²) < 4.78 is 5.57. The average Bonchev–Trinajstić information content (AvgIpc) is 3.07. The summed E-state index contributed by atoms with van der Waals surface area (Å²) >= 11 is 0. The van der Waals surface area contributed by atoms with Crippen molar-refractivity contribution in [2.24, 2.45) is 5.41 Å². The van der Waals surface area contributed by atoms with Gasteiger partial charge in [0.05, 0.1) is 17.6 Å². The first-order valence-corrected chi connectivity index (χ1v) is 5.81. The Morgan fingerprint density at radius 1 is 1.56 bits per heavy atom. The number of nitrogens with zero attached hydrogens (tertiary/aromatic N) is 2. The second kappa shape index (κ2) is 4.65. The maximum atomic E-state index is 10.9. The minimum absolute atomic E-state index is 0.0200. The quantitative estimate of drug-likeness (QED) is 0.591. The summed E-state index contributed by atoms with van der Waals surface area (Å²) in [6.07, 6.45) is 2.37. The third-order valence-electron chi connectivity index (χ3n) is 3.26. The number of nitro groups is 1. The Balaban J connectivity index is 2.11. The molecule has 0 atom stereocenters. The van der Waals surface area contributed by atoms with E-state index in [-0.39, 0.29) is 11.1 Å². The maximum absolute atomic E-state index is 10.9. The summed E-state index contributed by atoms with van der Waals surface area (Å²) in [4.78, 5) is 10.4. The number of nitriles is 1. The van der Waals surface area contributed by atoms with Crippen molar-refractivity contribution in [3.8, 4) is 11.8 Å². The third-order valence-corrected chi connectivity index (χ3v) is 3.26. The van der Waals surface area contributed by atoms with Crippen molar-refractivity contribution in [3.05, 3.63) is 33.9 Å². The molecule has 2 rings (SSSR count). The highest BCUT2D eigenvalue weighted by molar-refractivity contribution is 5.48. The van der Waals surface area contributed by atoms with Crippen molar-refractivity contribution in [3.63, 3.8) is 0 Å². The molecule has 0 bridgehead atoms. The molecule has 0 N–H and O–H groups in total. The molecule has 0 saturated heterocycles. The van der Waals surface area contributed by atoms with Crippen molar-refractivity contribution < 1.29 is 9.66 Å². The summed E-state index contributed by atoms with van der Waals surface area (Å²) in [5.41, 5.74) is 0.820. The van der Waals surface area contributed by atoms with E-state index in [1.165, 1.54) is 6.07 Å². The van der Waals surface area contributed by atoms with Gasteiger partial charge >= 0.3 is 5.69 Å². The fraction of sp³-hybridized carbons (Fsp3) is 0.462. The number of aryl methyl sites for hydroxylation is 1. The van der Waals surface area contributed by atoms with Gasteiger partial charge < -0.3 is 4.74 Å². The van der Waals surface area contributed by atoms with Gasteiger partial charge in [0.25, 0.3) is 0 Å². The van der Waals surface area contributed by atoms with Crippen LogP contribution in [0, 0.1) is 33.8 Å². The molecular formula is C13H14N2O3. The zero-order valence-electron chi connectivity index (χ0n) is 10.2. The van der Waals surface area contributed by atoms with E-state index in [1.54, 1.807) is 12.1 Å². The SMILES string of the molecule is Cc1ccc([N+](=O)[O-])c(OCC2(CC#N)CC2)c1. The molecule has 0 aliphatic heterocycles. The van der Waals surface area contributed by atoms with Gasteiger partial charge in [-0.15, -0.1) is 0 Å². The third kappa shape index (κ3) is 2.59. The minimum Gasteiger partial charge on any atom is -0.486 e. The van der Waals surface area contributed by atoms with Gasteiger partial charge in [-0.2, -0.15) is 5.26 Å². The van der Waals surface area contributed by atoms with Crippen LogP contribution >= 0.6 is 0 Å². The Hall–Kier alpha value is -2.09. The number of hydrogen-bond acceptors (Lipinski definition) is 4. The molecule has 1 fully saturated rings. The number of ether oxygens (including phenoxy) is 1. The topological polar surface area (TPSA) is 76.2 Å². The molecule has 1 aliphatic carbocycles. The summed E-state index contributed by atoms with van der Waals surface area (Å²) in [6.45, 7) is 2.24. The van der Waals surface area contributed by atoms with Crippen LogP contribution in [0.2, 0.25) is 0 Å². The molecule has 0 amide bonds. The average molecular weight is 246 g/mol. The Labute approximate surface area is 105 Å². The molecule has 5 nitrogen and oxygen atoms in total. The summed E-state index contributed by atoms with van der Waals surface area (Å²) in [5.74, 6) is 0.296. The standard InChI is InChI=1S/C13H14N2O3/c1-10-2-3-11(15(16)17)12(8-10)18-9-13(4-5-13)6-7-14/h2-3,8H,4-6,9H2,1H3. The maximum Gasteiger partial charge on any atom is 0.310 e. The first-order valence-electron chi connectivity index (χ1n) is 5.81. The largest absolute Gasteiger partial charge is 0.486 e. The van der Waals surface area contributed by atoms with Gasteiger partial charge in [0.2, 0.25) is 0 Å². The van der Waals surface area contributed by atoms with Crippen LogP contribution in [0.25, 0.3) is 0 Å². The van der Waals surface area contributed by atoms with Gasteiger partial charge in [-0.3, -0.25) is 10.1 Å². The van der Waals surface area contributed by atoms with Crippen LogP contribution in [0.5, 0.6) is 5.75 Å². The van der Waals surface area contributed by atoms with Gasteiger partial charge in [-0.05, 0) is 31.4 Å². The lowest BCUT2D eigenvalue weighted by Crippen LogP contribution is -2.13. The smallest absolute Gasteiger partial charge is 0.310 e. The molecule has 0 unspecified atom stereocenters. The molecule has 1 aromatic carbocycles. The zero-order valence-corrected chi connectivity index (χ0v) is 10.2. The van der Waals surface area contributed by atoms with Gasteiger partial charge in [-0.25, -0.2) is 0 Å². The molecule has 0 heterocycles. The molecule has 18 heavy (non-hydrogen) atoms. The van der Waals surface area contributed by atoms with E-state index in [0.29, 0.717) is 18.8 Å². The van der Waals surface area contributed by atoms with E-state index in [1.807, 2.05) is 6.92 Å². The molecule has 1 saturated carbocycles. The second-order valence-corrected chi connectivity index (χ2v) is 4.85. The van der Waals surface area contributed by atoms with Crippen LogP contribution in [0.1, 0.15) is 24.8 Å². The highest BCUT2D eigenvalue weighted by atomic mass is 16.6. The van der Waals surface area contributed by atoms with E-state index in [9.17, 15) is 10.1 Å². The highest BCUT2D eigenvalue weighted by Gasteiger charge is 2.43. The lowest BCUT2D eigenvalue weighted by Gasteiger charge is -2.13. The molecule has 5 heteroatoms. The van der Waals surface area contributed by atoms with E-state index < -0.39 is 4.92 Å². The molecular weight excluding hydrogens is 232 g/mol. The van der Waals surface area contributed by atoms with Crippen LogP contribution < -0.4 is 4.74 Å². The number of benzene rings is 1. The fourth-order valence-electron chi connectivity index (χ4n) is 1.84. The Kier molecular flexibility index (Phi) is 3.19. The predicted octanol–water partition coefficient (Wildman–Crippen LogP) is 2.98. The predicted molar refractivity (Wildman–Crippen MR) is 65.2 cm³/mol. The van der Waals surface area contributed by atoms with Crippen molar-refractivity contribution in [1.82, 2.24) is 0 Å². The zero-order chi connectivity index (χ0) is 13.2. The van der Waals surface area contributed by atoms with E-state index in [4.69, 9.17) is 10.00 Å². The van der Waals surface area contributed by atoms with Crippen molar-refractivity contribution in [2.75, 3.05) is 6.61 Å². The van der Waals surface area contributed by atoms with Gasteiger partial charge in [0.15, 0.2) is 5.75 Å². The Morgan fingerprint density at radius 3 is 2.83 bits per heavy atom. The number of rotatable bonds is 5. The lowest BCUT2D eigenvalue weighted by molar-refractivity contribution is -0.385. The summed E-state index contributed by atoms with van der Waals surface area (Å²) in [5, 5.41) is 19.6. The van der Waals surface area contributed by atoms with Gasteiger partial charge in [-0.1, -0.05) is 6.07 Å². The Bertz CT molecular complexity index is 515. The van der Waals surface area contributed by atoms with Crippen LogP contribution in [-0.2, 0) is 0 Å². The van der Waals surface area contributed by atoms with Crippen LogP contribution in [0.15, 0.2) is 18.2 Å². The molecule has 0 aromatic heterocycles. The lowest BCUT2D eigenvalue weighted by atomic mass is 10.1. The van der Waals surface area contributed by atoms with E-state index in [2.05, 4.69) is 6.07 Å². The van der Waals surface area contributed by atoms with Crippen LogP contribution in [0.4, 0.5) is 5.69 Å². The number of nitro benzene ring substituents is 1. The van der Waals surface area contributed by atoms with E-state index in [0.717, 1.165) is 18.4 Å². The van der Waals surface area contributed by atoms with Crippen molar-refractivity contribution >= 4 is 5.69 Å². The monoisotopic (exact) mass is 246 g/mol. The highest BCUT2D eigenvalue weighted by Crippen LogP contribution is 2.49. The van der Waals surface area contributed by atoms with Crippen molar-refractivity contribution in [1.29, 1.82) is 5.26 Å². The van der Waals surface area contributed by atoms with Crippen molar-refractivity contribution in [2.45, 2.75) is 26.2 Å². The molecule has 1 aliphatic rings. The fourth-order valence-corrected chi connectivity index (χ4v) is 1.84. The summed E-state index contributed by atoms with van der Waals surface area (Å²) in [6, 6.07) is 6.95. The van der Waals surface area contributed by atoms with Gasteiger partial charge in [0, 0.05) is 17.9 Å². The Morgan fingerprint density at radius 2 is 2.28 bits per heavy atom. The first kappa shape index (κ1) is 12.4. The first-order chi connectivity index (χ1) is 8.56. The second-order valence-electron chi connectivity index (χ2n) is 4.85. The minimum atomic E-state index is -0.446. The molecule has 0 radical (unpaired) electrons. The molecule has 94 valence electrons. The normalized spacial score (nSPS) is 15.8. The van der Waals surface area contributed by atoms with Crippen LogP contribution in [0.3, 0.4) is 0 Å². The van der Waals surface area contributed by atoms with Gasteiger partial charge in [0.1, 0.15) is 0 Å². The van der Waals surface area contributed by atoms with Crippen LogP contribution in [-0.4, -0.2) is 11.5 Å². The van der Waals surface area contributed by atoms with E-state index >= 15 is 0 Å². The molecule has 1 aromatic rings. The number of hydrogen-bond donors (Lipinski definition) is 0.